The van der Waals surface area contributed by atoms with Crippen LogP contribution in [0.25, 0.3) is 27.8 Å². The fraction of sp³-hybridized carbons (Fsp3) is 0.100. The van der Waals surface area contributed by atoms with Crippen LogP contribution in [0.5, 0.6) is 5.75 Å². The van der Waals surface area contributed by atoms with Crippen molar-refractivity contribution in [3.63, 3.8) is 0 Å². The van der Waals surface area contributed by atoms with Gasteiger partial charge in [-0.05, 0) is 36.8 Å². The van der Waals surface area contributed by atoms with E-state index in [1.807, 2.05) is 0 Å². The van der Waals surface area contributed by atoms with Gasteiger partial charge in [0.05, 0.1) is 23.0 Å². The number of aromatic amines is 1. The van der Waals surface area contributed by atoms with Crippen molar-refractivity contribution in [1.29, 1.82) is 0 Å². The molecule has 0 spiro atoms. The van der Waals surface area contributed by atoms with Gasteiger partial charge in [-0.1, -0.05) is 11.6 Å². The first-order valence-electron chi connectivity index (χ1n) is 8.41. The van der Waals surface area contributed by atoms with Gasteiger partial charge in [0.25, 0.3) is 0 Å². The molecule has 6 nitrogen and oxygen atoms in total. The molecule has 0 aliphatic heterocycles. The molecule has 4 rings (SSSR count). The predicted molar refractivity (Wildman–Crippen MR) is 104 cm³/mol. The highest BCUT2D eigenvalue weighted by Gasteiger charge is 2.16. The Balaban J connectivity index is 1.99. The smallest absolute Gasteiger partial charge is 0.223 e. The Hall–Kier alpha value is -3.16. The molecule has 3 aromatic heterocycles. The predicted octanol–water partition coefficient (Wildman–Crippen LogP) is 3.93. The van der Waals surface area contributed by atoms with Gasteiger partial charge in [-0.15, -0.1) is 0 Å². The zero-order valence-electron chi connectivity index (χ0n) is 14.6. The molecule has 0 saturated carbocycles. The van der Waals surface area contributed by atoms with E-state index in [1.54, 1.807) is 18.3 Å². The van der Waals surface area contributed by atoms with Gasteiger partial charge < -0.3 is 19.8 Å². The Bertz CT molecular complexity index is 1260. The summed E-state index contributed by atoms with van der Waals surface area (Å²) in [4.78, 5) is 19.0. The van der Waals surface area contributed by atoms with E-state index in [0.717, 1.165) is 17.6 Å². The normalized spacial score (nSPS) is 12.4. The van der Waals surface area contributed by atoms with Gasteiger partial charge in [0, 0.05) is 35.1 Å². The summed E-state index contributed by atoms with van der Waals surface area (Å²) in [7, 11) is 0. The summed E-state index contributed by atoms with van der Waals surface area (Å²) < 4.78 is 15.9. The summed E-state index contributed by atoms with van der Waals surface area (Å²) in [6.07, 6.45) is 3.33. The molecule has 3 N–H and O–H groups in total. The number of aromatic nitrogens is 3. The van der Waals surface area contributed by atoms with Crippen molar-refractivity contribution in [3.05, 3.63) is 75.7 Å². The summed E-state index contributed by atoms with van der Waals surface area (Å²) >= 11 is 6.35. The van der Waals surface area contributed by atoms with Gasteiger partial charge >= 0.3 is 0 Å². The number of benzene rings is 1. The van der Waals surface area contributed by atoms with E-state index in [1.165, 1.54) is 29.8 Å². The molecule has 1 unspecified atom stereocenters. The topological polar surface area (TPSA) is 91.1 Å². The lowest BCUT2D eigenvalue weighted by Gasteiger charge is -2.17. The van der Waals surface area contributed by atoms with E-state index in [9.17, 15) is 19.4 Å². The molecule has 28 heavy (non-hydrogen) atoms. The van der Waals surface area contributed by atoms with Crippen LogP contribution >= 0.6 is 11.6 Å². The Morgan fingerprint density at radius 1 is 1.29 bits per heavy atom. The maximum absolute atomic E-state index is 14.5. The number of H-pyrrole nitrogens is 1. The summed E-state index contributed by atoms with van der Waals surface area (Å²) in [5.41, 5.74) is 1.59. The van der Waals surface area contributed by atoms with E-state index < -0.39 is 23.1 Å². The Morgan fingerprint density at radius 2 is 2.07 bits per heavy atom. The minimum atomic E-state index is -1.01. The summed E-state index contributed by atoms with van der Waals surface area (Å²) in [5, 5.41) is 20.9. The highest BCUT2D eigenvalue weighted by atomic mass is 35.5. The van der Waals surface area contributed by atoms with Gasteiger partial charge in [-0.3, -0.25) is 4.79 Å². The largest absolute Gasteiger partial charge is 0.503 e. The second kappa shape index (κ2) is 6.78. The molecule has 4 aromatic rings. The van der Waals surface area contributed by atoms with Crippen LogP contribution in [0.15, 0.2) is 53.7 Å². The number of aromatic hydroxyl groups is 1. The number of aliphatic hydroxyl groups is 1. The minimum Gasteiger partial charge on any atom is -0.503 e. The SMILES string of the molecule is CC(O)c1cc(=O)c(O)cn1-c1cc(F)cc(-c2c(Cl)cnc3[nH]ccc23)c1. The average Bonchev–Trinajstić information content (AvgIpc) is 3.11. The molecule has 3 heterocycles. The molecule has 0 aliphatic rings. The molecular weight excluding hydrogens is 385 g/mol. The molecular formula is C20H15ClFN3O3. The Morgan fingerprint density at radius 3 is 2.82 bits per heavy atom. The van der Waals surface area contributed by atoms with Crippen LogP contribution < -0.4 is 5.43 Å². The lowest BCUT2D eigenvalue weighted by atomic mass is 10.0. The minimum absolute atomic E-state index is 0.215. The molecule has 0 radical (unpaired) electrons. The molecule has 8 heteroatoms. The fourth-order valence-corrected chi connectivity index (χ4v) is 3.48. The van der Waals surface area contributed by atoms with Crippen LogP contribution in [-0.2, 0) is 0 Å². The third kappa shape index (κ3) is 3.04. The molecule has 1 atom stereocenters. The molecule has 1 aromatic carbocycles. The van der Waals surface area contributed by atoms with E-state index in [2.05, 4.69) is 9.97 Å². The van der Waals surface area contributed by atoms with Crippen LogP contribution in [-0.4, -0.2) is 24.7 Å². The van der Waals surface area contributed by atoms with E-state index in [0.29, 0.717) is 27.5 Å². The maximum atomic E-state index is 14.5. The molecule has 0 fully saturated rings. The lowest BCUT2D eigenvalue weighted by molar-refractivity contribution is 0.191. The van der Waals surface area contributed by atoms with Gasteiger partial charge in [0.2, 0.25) is 5.43 Å². The number of nitrogens with one attached hydrogen (secondary N) is 1. The Kier molecular flexibility index (Phi) is 4.41. The molecule has 0 aliphatic carbocycles. The van der Waals surface area contributed by atoms with Gasteiger partial charge in [0.15, 0.2) is 5.75 Å². The first kappa shape index (κ1) is 18.2. The first-order valence-corrected chi connectivity index (χ1v) is 8.79. The molecule has 0 saturated heterocycles. The maximum Gasteiger partial charge on any atom is 0.223 e. The van der Waals surface area contributed by atoms with Crippen LogP contribution in [0.4, 0.5) is 4.39 Å². The number of hydrogen-bond acceptors (Lipinski definition) is 4. The second-order valence-corrected chi connectivity index (χ2v) is 6.82. The van der Waals surface area contributed by atoms with Crippen LogP contribution in [0.3, 0.4) is 0 Å². The highest BCUT2D eigenvalue weighted by molar-refractivity contribution is 6.34. The summed E-state index contributed by atoms with van der Waals surface area (Å²) in [6, 6.07) is 7.14. The van der Waals surface area contributed by atoms with E-state index in [4.69, 9.17) is 11.6 Å². The van der Waals surface area contributed by atoms with Crippen molar-refractivity contribution in [2.24, 2.45) is 0 Å². The number of nitrogens with zero attached hydrogens (tertiary/aromatic N) is 2. The van der Waals surface area contributed by atoms with Crippen LogP contribution in [0.2, 0.25) is 5.02 Å². The average molecular weight is 400 g/mol. The third-order valence-corrected chi connectivity index (χ3v) is 4.77. The number of aliphatic hydroxyl groups excluding tert-OH is 1. The van der Waals surface area contributed by atoms with Crippen molar-refractivity contribution in [2.75, 3.05) is 0 Å². The fourth-order valence-electron chi connectivity index (χ4n) is 3.22. The van der Waals surface area contributed by atoms with Crippen LogP contribution in [0.1, 0.15) is 18.7 Å². The van der Waals surface area contributed by atoms with Gasteiger partial charge in [-0.25, -0.2) is 9.37 Å². The summed E-state index contributed by atoms with van der Waals surface area (Å²) in [6.45, 7) is 1.48. The summed E-state index contributed by atoms with van der Waals surface area (Å²) in [5.74, 6) is -1.05. The second-order valence-electron chi connectivity index (χ2n) is 6.41. The van der Waals surface area contributed by atoms with Crippen molar-refractivity contribution < 1.29 is 14.6 Å². The van der Waals surface area contributed by atoms with Crippen LogP contribution in [0, 0.1) is 5.82 Å². The third-order valence-electron chi connectivity index (χ3n) is 4.48. The van der Waals surface area contributed by atoms with Crippen molar-refractivity contribution in [2.45, 2.75) is 13.0 Å². The van der Waals surface area contributed by atoms with Crippen molar-refractivity contribution in [1.82, 2.24) is 14.5 Å². The van der Waals surface area contributed by atoms with E-state index >= 15 is 0 Å². The van der Waals surface area contributed by atoms with Gasteiger partial charge in [-0.2, -0.15) is 0 Å². The zero-order chi connectivity index (χ0) is 20.0. The number of halogens is 2. The van der Waals surface area contributed by atoms with Crippen molar-refractivity contribution >= 4 is 22.6 Å². The first-order chi connectivity index (χ1) is 13.3. The lowest BCUT2D eigenvalue weighted by Crippen LogP contribution is -2.13. The van der Waals surface area contributed by atoms with Crippen molar-refractivity contribution in [3.8, 4) is 22.6 Å². The highest BCUT2D eigenvalue weighted by Crippen LogP contribution is 2.35. The number of fused-ring (bicyclic) bond motifs is 1. The Labute approximate surface area is 163 Å². The number of hydrogen-bond donors (Lipinski definition) is 3. The molecule has 0 bridgehead atoms. The number of pyridine rings is 2. The molecule has 142 valence electrons. The monoisotopic (exact) mass is 399 g/mol. The standard InChI is InChI=1S/C20H15ClFN3O3/c1-10(26)16-7-17(27)18(28)9-25(16)13-5-11(4-12(22)6-13)19-14-2-3-23-20(14)24-8-15(19)21/h2-10,26,28H,1H3,(H,23,24). The van der Waals surface area contributed by atoms with Gasteiger partial charge in [0.1, 0.15) is 11.5 Å². The number of rotatable bonds is 3. The molecule has 0 amide bonds. The zero-order valence-corrected chi connectivity index (χ0v) is 15.4. The van der Waals surface area contributed by atoms with E-state index in [-0.39, 0.29) is 5.69 Å². The quantitative estimate of drug-likeness (QED) is 0.486.